The second-order valence-electron chi connectivity index (χ2n) is 4.97. The average Bonchev–Trinajstić information content (AvgIpc) is 2.47. The summed E-state index contributed by atoms with van der Waals surface area (Å²) < 4.78 is 0. The summed E-state index contributed by atoms with van der Waals surface area (Å²) in [5.74, 6) is 7.18. The highest BCUT2D eigenvalue weighted by Gasteiger charge is 2.17. The second-order valence-corrected chi connectivity index (χ2v) is 4.97. The molecule has 0 spiro atoms. The van der Waals surface area contributed by atoms with Crippen LogP contribution in [0.4, 0.5) is 11.6 Å². The van der Waals surface area contributed by atoms with Crippen molar-refractivity contribution >= 4 is 11.6 Å². The molecule has 0 aliphatic rings. The van der Waals surface area contributed by atoms with Crippen LogP contribution in [0.5, 0.6) is 0 Å². The molecular weight excluding hydrogens is 254 g/mol. The van der Waals surface area contributed by atoms with Crippen molar-refractivity contribution in [3.05, 3.63) is 11.9 Å². The number of anilines is 2. The molecule has 1 rings (SSSR count). The number of aromatic nitrogens is 2. The van der Waals surface area contributed by atoms with E-state index in [0.717, 1.165) is 37.1 Å². The Morgan fingerprint density at radius 1 is 1.20 bits per heavy atom. The Balaban J connectivity index is 2.76. The quantitative estimate of drug-likeness (QED) is 0.408. The number of nitrogens with two attached hydrogens (primary N) is 1. The maximum absolute atomic E-state index is 10.2. The predicted octanol–water partition coefficient (Wildman–Crippen LogP) is 1.92. The van der Waals surface area contributed by atoms with Crippen molar-refractivity contribution in [2.24, 2.45) is 11.8 Å². The van der Waals surface area contributed by atoms with Crippen LogP contribution in [0.15, 0.2) is 6.33 Å². The number of rotatable bonds is 9. The molecule has 1 aromatic rings. The third-order valence-electron chi connectivity index (χ3n) is 3.65. The molecule has 6 heteroatoms. The van der Waals surface area contributed by atoms with E-state index in [-0.39, 0.29) is 6.10 Å². The van der Waals surface area contributed by atoms with Crippen LogP contribution in [-0.2, 0) is 6.42 Å². The molecule has 0 aliphatic heterocycles. The number of nitrogen functional groups attached to an aromatic ring is 1. The molecule has 0 amide bonds. The molecule has 20 heavy (non-hydrogen) atoms. The Morgan fingerprint density at radius 3 is 2.40 bits per heavy atom. The largest absolute Gasteiger partial charge is 0.391 e. The standard InChI is InChI=1S/C14H27N5O/c1-4-7-11-13(17-9-18-14(11)19-15)16-8-12(20)10(5-2)6-3/h9-10,12,20H,4-8,15H2,1-3H3,(H2,16,17,18,19). The maximum Gasteiger partial charge on any atom is 0.148 e. The van der Waals surface area contributed by atoms with Gasteiger partial charge in [-0.25, -0.2) is 15.8 Å². The molecule has 114 valence electrons. The first kappa shape index (κ1) is 16.7. The third kappa shape index (κ3) is 4.31. The van der Waals surface area contributed by atoms with Crippen LogP contribution in [0.2, 0.25) is 0 Å². The second kappa shape index (κ2) is 8.71. The summed E-state index contributed by atoms with van der Waals surface area (Å²) in [4.78, 5) is 8.38. The Hall–Kier alpha value is -1.40. The lowest BCUT2D eigenvalue weighted by molar-refractivity contribution is 0.114. The summed E-state index contributed by atoms with van der Waals surface area (Å²) in [6.45, 7) is 6.78. The van der Waals surface area contributed by atoms with Crippen molar-refractivity contribution < 1.29 is 5.11 Å². The molecular formula is C14H27N5O. The SMILES string of the molecule is CCCc1c(NN)ncnc1NCC(O)C(CC)CC. The molecule has 0 aliphatic carbocycles. The van der Waals surface area contributed by atoms with Gasteiger partial charge in [0, 0.05) is 12.1 Å². The molecule has 6 nitrogen and oxygen atoms in total. The third-order valence-corrected chi connectivity index (χ3v) is 3.65. The maximum atomic E-state index is 10.2. The number of aliphatic hydroxyl groups is 1. The van der Waals surface area contributed by atoms with Gasteiger partial charge in [0.1, 0.15) is 18.0 Å². The fourth-order valence-electron chi connectivity index (χ4n) is 2.38. The Kier molecular flexibility index (Phi) is 7.25. The molecule has 0 radical (unpaired) electrons. The van der Waals surface area contributed by atoms with E-state index in [1.807, 2.05) is 0 Å². The van der Waals surface area contributed by atoms with E-state index in [4.69, 9.17) is 5.84 Å². The van der Waals surface area contributed by atoms with Crippen LogP contribution in [-0.4, -0.2) is 27.7 Å². The molecule has 1 atom stereocenters. The Bertz CT molecular complexity index is 395. The zero-order chi connectivity index (χ0) is 15.0. The number of aliphatic hydroxyl groups excluding tert-OH is 1. The lowest BCUT2D eigenvalue weighted by Gasteiger charge is -2.21. The number of nitrogens with one attached hydrogen (secondary N) is 2. The van der Waals surface area contributed by atoms with Crippen LogP contribution in [0.3, 0.4) is 0 Å². The smallest absolute Gasteiger partial charge is 0.148 e. The summed E-state index contributed by atoms with van der Waals surface area (Å²) in [5, 5.41) is 13.4. The van der Waals surface area contributed by atoms with Gasteiger partial charge in [0.05, 0.1) is 6.10 Å². The minimum absolute atomic E-state index is 0.311. The molecule has 0 fully saturated rings. The van der Waals surface area contributed by atoms with Gasteiger partial charge in [-0.15, -0.1) is 0 Å². The van der Waals surface area contributed by atoms with Crippen molar-refractivity contribution in [3.8, 4) is 0 Å². The van der Waals surface area contributed by atoms with Gasteiger partial charge < -0.3 is 15.8 Å². The van der Waals surface area contributed by atoms with Crippen LogP contribution < -0.4 is 16.6 Å². The summed E-state index contributed by atoms with van der Waals surface area (Å²) in [6.07, 6.45) is 4.86. The molecule has 0 saturated heterocycles. The average molecular weight is 281 g/mol. The van der Waals surface area contributed by atoms with Gasteiger partial charge in [-0.05, 0) is 12.3 Å². The molecule has 1 unspecified atom stereocenters. The summed E-state index contributed by atoms with van der Waals surface area (Å²) >= 11 is 0. The van der Waals surface area contributed by atoms with E-state index in [1.54, 1.807) is 0 Å². The highest BCUT2D eigenvalue weighted by molar-refractivity contribution is 5.56. The van der Waals surface area contributed by atoms with Gasteiger partial charge in [0.25, 0.3) is 0 Å². The fraction of sp³-hybridized carbons (Fsp3) is 0.714. The van der Waals surface area contributed by atoms with Crippen LogP contribution in [0.25, 0.3) is 0 Å². The molecule has 0 aromatic carbocycles. The van der Waals surface area contributed by atoms with Gasteiger partial charge >= 0.3 is 0 Å². The van der Waals surface area contributed by atoms with E-state index in [2.05, 4.69) is 41.5 Å². The van der Waals surface area contributed by atoms with E-state index >= 15 is 0 Å². The van der Waals surface area contributed by atoms with E-state index in [1.165, 1.54) is 6.33 Å². The summed E-state index contributed by atoms with van der Waals surface area (Å²) in [7, 11) is 0. The molecule has 1 aromatic heterocycles. The molecule has 1 heterocycles. The van der Waals surface area contributed by atoms with Crippen LogP contribution >= 0.6 is 0 Å². The lowest BCUT2D eigenvalue weighted by Crippen LogP contribution is -2.28. The molecule has 5 N–H and O–H groups in total. The Labute approximate surface area is 121 Å². The molecule has 0 bridgehead atoms. The van der Waals surface area contributed by atoms with Crippen molar-refractivity contribution in [3.63, 3.8) is 0 Å². The van der Waals surface area contributed by atoms with Crippen molar-refractivity contribution in [2.75, 3.05) is 17.3 Å². The summed E-state index contributed by atoms with van der Waals surface area (Å²) in [6, 6.07) is 0. The van der Waals surface area contributed by atoms with Gasteiger partial charge in [-0.2, -0.15) is 0 Å². The zero-order valence-corrected chi connectivity index (χ0v) is 12.7. The van der Waals surface area contributed by atoms with Gasteiger partial charge in [-0.1, -0.05) is 40.0 Å². The topological polar surface area (TPSA) is 96.1 Å². The first-order valence-electron chi connectivity index (χ1n) is 7.40. The summed E-state index contributed by atoms with van der Waals surface area (Å²) in [5.41, 5.74) is 3.57. The van der Waals surface area contributed by atoms with Crippen molar-refractivity contribution in [2.45, 2.75) is 52.6 Å². The zero-order valence-electron chi connectivity index (χ0n) is 12.7. The first-order chi connectivity index (χ1) is 9.67. The van der Waals surface area contributed by atoms with Gasteiger partial charge in [0.2, 0.25) is 0 Å². The number of hydrogen-bond acceptors (Lipinski definition) is 6. The van der Waals surface area contributed by atoms with Crippen molar-refractivity contribution in [1.82, 2.24) is 9.97 Å². The van der Waals surface area contributed by atoms with E-state index in [0.29, 0.717) is 18.3 Å². The van der Waals surface area contributed by atoms with Crippen LogP contribution in [0.1, 0.15) is 45.6 Å². The van der Waals surface area contributed by atoms with E-state index in [9.17, 15) is 5.11 Å². The molecule has 0 saturated carbocycles. The monoisotopic (exact) mass is 281 g/mol. The minimum atomic E-state index is -0.372. The predicted molar refractivity (Wildman–Crippen MR) is 82.4 cm³/mol. The minimum Gasteiger partial charge on any atom is -0.391 e. The highest BCUT2D eigenvalue weighted by atomic mass is 16.3. The van der Waals surface area contributed by atoms with E-state index < -0.39 is 0 Å². The first-order valence-corrected chi connectivity index (χ1v) is 7.40. The number of hydrogen-bond donors (Lipinski definition) is 4. The Morgan fingerprint density at radius 2 is 1.85 bits per heavy atom. The van der Waals surface area contributed by atoms with Crippen molar-refractivity contribution in [1.29, 1.82) is 0 Å². The highest BCUT2D eigenvalue weighted by Crippen LogP contribution is 2.21. The normalized spacial score (nSPS) is 12.5. The number of nitrogens with zero attached hydrogens (tertiary/aromatic N) is 2. The van der Waals surface area contributed by atoms with Crippen LogP contribution in [0, 0.1) is 5.92 Å². The number of hydrazine groups is 1. The van der Waals surface area contributed by atoms with Gasteiger partial charge in [0.15, 0.2) is 0 Å². The lowest BCUT2D eigenvalue weighted by atomic mass is 9.96. The fourth-order valence-corrected chi connectivity index (χ4v) is 2.38. The van der Waals surface area contributed by atoms with Gasteiger partial charge in [-0.3, -0.25) is 0 Å².